The zero-order valence-electron chi connectivity index (χ0n) is 9.49. The Hall–Kier alpha value is -1.73. The van der Waals surface area contributed by atoms with Crippen molar-refractivity contribution in [2.45, 2.75) is 26.1 Å². The molecule has 3 N–H and O–H groups in total. The van der Waals surface area contributed by atoms with Crippen LogP contribution in [0.25, 0.3) is 0 Å². The van der Waals surface area contributed by atoms with Gasteiger partial charge in [0.2, 0.25) is 0 Å². The summed E-state index contributed by atoms with van der Waals surface area (Å²) >= 11 is 0. The van der Waals surface area contributed by atoms with E-state index in [1.54, 1.807) is 6.92 Å². The number of rotatable bonds is 3. The summed E-state index contributed by atoms with van der Waals surface area (Å²) in [5.41, 5.74) is 5.84. The first-order chi connectivity index (χ1) is 7.84. The van der Waals surface area contributed by atoms with Gasteiger partial charge in [-0.3, -0.25) is 9.67 Å². The first kappa shape index (κ1) is 13.3. The molecule has 0 amide bonds. The van der Waals surface area contributed by atoms with E-state index >= 15 is 0 Å². The summed E-state index contributed by atoms with van der Waals surface area (Å²) in [6, 6.07) is -1.68. The van der Waals surface area contributed by atoms with E-state index < -0.39 is 12.2 Å². The van der Waals surface area contributed by atoms with E-state index in [1.807, 2.05) is 0 Å². The van der Waals surface area contributed by atoms with E-state index in [2.05, 4.69) is 15.4 Å². The molecule has 0 spiro atoms. The van der Waals surface area contributed by atoms with Crippen LogP contribution in [0.2, 0.25) is 0 Å². The van der Waals surface area contributed by atoms with Gasteiger partial charge in [0.15, 0.2) is 5.96 Å². The van der Waals surface area contributed by atoms with Crippen LogP contribution in [0.1, 0.15) is 19.9 Å². The van der Waals surface area contributed by atoms with Crippen molar-refractivity contribution in [2.24, 2.45) is 10.7 Å². The van der Waals surface area contributed by atoms with Gasteiger partial charge in [-0.15, -0.1) is 0 Å². The summed E-state index contributed by atoms with van der Waals surface area (Å²) in [5.74, 6) is 0.145. The number of nitrogens with two attached hydrogens (primary N) is 1. The quantitative estimate of drug-likeness (QED) is 0.633. The molecule has 0 fully saturated rings. The monoisotopic (exact) mass is 249 g/mol. The largest absolute Gasteiger partial charge is 0.410 e. The molecule has 0 saturated carbocycles. The molecule has 17 heavy (non-hydrogen) atoms. The summed E-state index contributed by atoms with van der Waals surface area (Å²) in [5, 5.41) is 6.27. The van der Waals surface area contributed by atoms with Gasteiger partial charge in [0.1, 0.15) is 6.04 Å². The van der Waals surface area contributed by atoms with Crippen molar-refractivity contribution in [1.82, 2.24) is 9.78 Å². The number of aromatic nitrogens is 2. The maximum absolute atomic E-state index is 12.4. The third-order valence-electron chi connectivity index (χ3n) is 2.07. The lowest BCUT2D eigenvalue weighted by Gasteiger charge is -2.15. The second kappa shape index (κ2) is 5.07. The first-order valence-electron chi connectivity index (χ1n) is 5.02. The average molecular weight is 249 g/mol. The van der Waals surface area contributed by atoms with E-state index in [4.69, 9.17) is 5.73 Å². The van der Waals surface area contributed by atoms with E-state index in [-0.39, 0.29) is 5.96 Å². The fraction of sp³-hybridized carbons (Fsp3) is 0.556. The highest BCUT2D eigenvalue weighted by Gasteiger charge is 2.37. The molecule has 1 heterocycles. The van der Waals surface area contributed by atoms with Gasteiger partial charge in [0.05, 0.1) is 11.9 Å². The van der Waals surface area contributed by atoms with Gasteiger partial charge in [-0.1, -0.05) is 0 Å². The topological polar surface area (TPSA) is 68.2 Å². The lowest BCUT2D eigenvalue weighted by molar-refractivity contribution is -0.165. The van der Waals surface area contributed by atoms with Crippen LogP contribution in [0.5, 0.6) is 0 Å². The zero-order chi connectivity index (χ0) is 13.1. The normalized spacial score (nSPS) is 14.8. The van der Waals surface area contributed by atoms with Gasteiger partial charge < -0.3 is 11.1 Å². The molecule has 0 aliphatic rings. The summed E-state index contributed by atoms with van der Waals surface area (Å²) in [4.78, 5) is 3.85. The Labute approximate surface area is 96.5 Å². The number of anilines is 1. The summed E-state index contributed by atoms with van der Waals surface area (Å²) in [7, 11) is 0. The van der Waals surface area contributed by atoms with Gasteiger partial charge in [0.25, 0.3) is 0 Å². The Morgan fingerprint density at radius 2 is 2.29 bits per heavy atom. The number of halogens is 3. The molecule has 1 aromatic rings. The third kappa shape index (κ3) is 3.65. The van der Waals surface area contributed by atoms with E-state index in [1.165, 1.54) is 12.4 Å². The number of hydrogen-bond acceptors (Lipinski definition) is 2. The van der Waals surface area contributed by atoms with Crippen LogP contribution < -0.4 is 11.1 Å². The van der Waals surface area contributed by atoms with Crippen LogP contribution in [-0.4, -0.2) is 28.5 Å². The van der Waals surface area contributed by atoms with Crippen molar-refractivity contribution in [3.63, 3.8) is 0 Å². The molecular weight excluding hydrogens is 235 g/mol. The molecule has 8 heteroatoms. The van der Waals surface area contributed by atoms with E-state index in [0.29, 0.717) is 12.2 Å². The Morgan fingerprint density at radius 1 is 1.65 bits per heavy atom. The van der Waals surface area contributed by atoms with Crippen LogP contribution in [0.3, 0.4) is 0 Å². The standard InChI is InChI=1S/C9H14F3N5/c1-3-14-8(13)16-7-4-15-17(5-7)6(2)9(10,11)12/h4-6H,3H2,1-2H3,(H3,13,14,16)/t6-/m1/s1. The highest BCUT2D eigenvalue weighted by molar-refractivity contribution is 5.91. The van der Waals surface area contributed by atoms with Gasteiger partial charge in [0, 0.05) is 12.7 Å². The zero-order valence-corrected chi connectivity index (χ0v) is 9.49. The van der Waals surface area contributed by atoms with Gasteiger partial charge in [-0.05, 0) is 13.8 Å². The molecular formula is C9H14F3N5. The molecule has 1 aromatic heterocycles. The number of alkyl halides is 3. The number of nitrogens with zero attached hydrogens (tertiary/aromatic N) is 3. The SMILES string of the molecule is CCN=C(N)Nc1cnn([C@H](C)C(F)(F)F)c1. The minimum atomic E-state index is -4.33. The molecule has 5 nitrogen and oxygen atoms in total. The number of hydrogen-bond donors (Lipinski definition) is 2. The van der Waals surface area contributed by atoms with Crippen molar-refractivity contribution >= 4 is 11.6 Å². The van der Waals surface area contributed by atoms with E-state index in [9.17, 15) is 13.2 Å². The minimum absolute atomic E-state index is 0.145. The van der Waals surface area contributed by atoms with Crippen molar-refractivity contribution < 1.29 is 13.2 Å². The summed E-state index contributed by atoms with van der Waals surface area (Å²) in [6.45, 7) is 3.32. The third-order valence-corrected chi connectivity index (χ3v) is 2.07. The van der Waals surface area contributed by atoms with Crippen LogP contribution in [-0.2, 0) is 0 Å². The molecule has 96 valence electrons. The fourth-order valence-electron chi connectivity index (χ4n) is 1.12. The minimum Gasteiger partial charge on any atom is -0.370 e. The highest BCUT2D eigenvalue weighted by atomic mass is 19.4. The van der Waals surface area contributed by atoms with Gasteiger partial charge in [-0.25, -0.2) is 0 Å². The molecule has 1 atom stereocenters. The van der Waals surface area contributed by atoms with Crippen LogP contribution in [0, 0.1) is 0 Å². The molecule has 1 rings (SSSR count). The maximum atomic E-state index is 12.4. The molecule has 0 saturated heterocycles. The number of nitrogens with one attached hydrogen (secondary N) is 1. The molecule has 0 aromatic carbocycles. The van der Waals surface area contributed by atoms with Crippen molar-refractivity contribution in [3.05, 3.63) is 12.4 Å². The predicted molar refractivity (Wildman–Crippen MR) is 58.8 cm³/mol. The molecule has 0 radical (unpaired) electrons. The highest BCUT2D eigenvalue weighted by Crippen LogP contribution is 2.29. The van der Waals surface area contributed by atoms with Crippen LogP contribution in [0.15, 0.2) is 17.4 Å². The van der Waals surface area contributed by atoms with Gasteiger partial charge >= 0.3 is 6.18 Å². The average Bonchev–Trinajstić information content (AvgIpc) is 2.63. The second-order valence-corrected chi connectivity index (χ2v) is 3.41. The lowest BCUT2D eigenvalue weighted by Crippen LogP contribution is -2.24. The summed E-state index contributed by atoms with van der Waals surface area (Å²) in [6.07, 6.45) is -1.83. The first-order valence-corrected chi connectivity index (χ1v) is 5.02. The van der Waals surface area contributed by atoms with Gasteiger partial charge in [-0.2, -0.15) is 18.3 Å². The van der Waals surface area contributed by atoms with Crippen LogP contribution in [0.4, 0.5) is 18.9 Å². The molecule has 0 aliphatic heterocycles. The summed E-state index contributed by atoms with van der Waals surface area (Å²) < 4.78 is 38.0. The second-order valence-electron chi connectivity index (χ2n) is 3.41. The number of aliphatic imine (C=N–C) groups is 1. The Kier molecular flexibility index (Phi) is 3.97. The lowest BCUT2D eigenvalue weighted by atomic mass is 10.3. The Balaban J connectivity index is 2.75. The van der Waals surface area contributed by atoms with Crippen molar-refractivity contribution in [1.29, 1.82) is 0 Å². The molecule has 0 aliphatic carbocycles. The predicted octanol–water partition coefficient (Wildman–Crippen LogP) is 1.75. The Bertz CT molecular complexity index is 396. The van der Waals surface area contributed by atoms with Crippen LogP contribution >= 0.6 is 0 Å². The number of guanidine groups is 1. The smallest absolute Gasteiger partial charge is 0.370 e. The van der Waals surface area contributed by atoms with Crippen molar-refractivity contribution in [2.75, 3.05) is 11.9 Å². The maximum Gasteiger partial charge on any atom is 0.410 e. The molecule has 0 unspecified atom stereocenters. The fourth-order valence-corrected chi connectivity index (χ4v) is 1.12. The Morgan fingerprint density at radius 3 is 2.82 bits per heavy atom. The molecule has 0 bridgehead atoms. The van der Waals surface area contributed by atoms with Crippen molar-refractivity contribution in [3.8, 4) is 0 Å². The van der Waals surface area contributed by atoms with E-state index in [0.717, 1.165) is 11.6 Å².